The molecular weight excluding hydrogens is 245 g/mol. The number of halogens is 1. The summed E-state index contributed by atoms with van der Waals surface area (Å²) in [6, 6.07) is 7.75. The molecule has 0 aliphatic heterocycles. The van der Waals surface area contributed by atoms with Gasteiger partial charge in [-0.25, -0.2) is 4.39 Å². The third-order valence-corrected chi connectivity index (χ3v) is 2.39. The molecule has 2 rings (SSSR count). The van der Waals surface area contributed by atoms with Crippen LogP contribution in [0.2, 0.25) is 0 Å². The highest BCUT2D eigenvalue weighted by atomic mass is 19.1. The summed E-state index contributed by atoms with van der Waals surface area (Å²) in [4.78, 5) is 3.91. The lowest BCUT2D eigenvalue weighted by Gasteiger charge is -2.08. The Morgan fingerprint density at radius 2 is 2.00 bits per heavy atom. The molecule has 0 atom stereocenters. The minimum Gasteiger partial charge on any atom is -0.487 e. The minimum atomic E-state index is -0.390. The van der Waals surface area contributed by atoms with E-state index in [1.807, 2.05) is 12.1 Å². The maximum atomic E-state index is 13.2. The number of nitrogens with zero attached hydrogens (tertiary/aromatic N) is 1. The summed E-state index contributed by atoms with van der Waals surface area (Å²) in [6.45, 7) is 0.0565. The van der Waals surface area contributed by atoms with Crippen molar-refractivity contribution in [3.05, 3.63) is 59.7 Å². The van der Waals surface area contributed by atoms with E-state index in [4.69, 9.17) is 9.84 Å². The lowest BCUT2D eigenvalue weighted by Crippen LogP contribution is -1.98. The first-order valence-electron chi connectivity index (χ1n) is 5.70. The number of rotatable bonds is 3. The molecule has 0 bridgehead atoms. The van der Waals surface area contributed by atoms with Crippen LogP contribution in [0.15, 0.2) is 42.7 Å². The van der Waals surface area contributed by atoms with Crippen LogP contribution in [0.1, 0.15) is 11.1 Å². The largest absolute Gasteiger partial charge is 0.487 e. The van der Waals surface area contributed by atoms with E-state index in [9.17, 15) is 4.39 Å². The van der Waals surface area contributed by atoms with Gasteiger partial charge in [-0.15, -0.1) is 0 Å². The van der Waals surface area contributed by atoms with Crippen molar-refractivity contribution >= 4 is 0 Å². The van der Waals surface area contributed by atoms with E-state index >= 15 is 0 Å². The number of hydrogen-bond acceptors (Lipinski definition) is 3. The Hall–Kier alpha value is -2.38. The van der Waals surface area contributed by atoms with E-state index in [2.05, 4.69) is 16.8 Å². The molecule has 1 aromatic heterocycles. The molecule has 0 spiro atoms. The zero-order chi connectivity index (χ0) is 13.5. The van der Waals surface area contributed by atoms with Crippen LogP contribution in [0, 0.1) is 17.7 Å². The minimum absolute atomic E-state index is 0.249. The van der Waals surface area contributed by atoms with Gasteiger partial charge in [-0.2, -0.15) is 0 Å². The maximum absolute atomic E-state index is 13.2. The normalized spacial score (nSPS) is 9.58. The second kappa shape index (κ2) is 6.53. The standard InChI is InChI=1S/C15H12FNO2/c16-14-4-3-13(2-1-9-18)15(10-14)19-11-12-5-7-17-8-6-12/h3-8,10,18H,9,11H2. The number of ether oxygens (including phenoxy) is 1. The van der Waals surface area contributed by atoms with Crippen LogP contribution in [0.25, 0.3) is 0 Å². The van der Waals surface area contributed by atoms with Gasteiger partial charge in [0, 0.05) is 18.5 Å². The number of aliphatic hydroxyl groups excluding tert-OH is 1. The van der Waals surface area contributed by atoms with Crippen LogP contribution in [0.5, 0.6) is 5.75 Å². The fourth-order valence-electron chi connectivity index (χ4n) is 1.49. The van der Waals surface area contributed by atoms with Crippen molar-refractivity contribution < 1.29 is 14.2 Å². The molecule has 0 fully saturated rings. The van der Waals surface area contributed by atoms with Crippen LogP contribution < -0.4 is 4.74 Å². The Morgan fingerprint density at radius 1 is 1.21 bits per heavy atom. The van der Waals surface area contributed by atoms with Gasteiger partial charge in [0.1, 0.15) is 24.8 Å². The molecule has 0 saturated carbocycles. The Bertz CT molecular complexity index is 603. The lowest BCUT2D eigenvalue weighted by molar-refractivity contribution is 0.303. The van der Waals surface area contributed by atoms with Crippen LogP contribution >= 0.6 is 0 Å². The van der Waals surface area contributed by atoms with E-state index in [0.717, 1.165) is 5.56 Å². The van der Waals surface area contributed by atoms with Gasteiger partial charge in [0.2, 0.25) is 0 Å². The summed E-state index contributed by atoms with van der Waals surface area (Å²) in [7, 11) is 0. The molecule has 0 amide bonds. The topological polar surface area (TPSA) is 42.4 Å². The van der Waals surface area contributed by atoms with Gasteiger partial charge in [0.25, 0.3) is 0 Å². The fourth-order valence-corrected chi connectivity index (χ4v) is 1.49. The highest BCUT2D eigenvalue weighted by Gasteiger charge is 2.04. The second-order valence-corrected chi connectivity index (χ2v) is 3.74. The lowest BCUT2D eigenvalue weighted by atomic mass is 10.2. The molecule has 0 saturated heterocycles. The van der Waals surface area contributed by atoms with Crippen LogP contribution in [0.3, 0.4) is 0 Å². The SMILES string of the molecule is OCC#Cc1ccc(F)cc1OCc1ccncc1. The number of pyridine rings is 1. The number of hydrogen-bond donors (Lipinski definition) is 1. The molecule has 2 aromatic rings. The average molecular weight is 257 g/mol. The maximum Gasteiger partial charge on any atom is 0.138 e. The highest BCUT2D eigenvalue weighted by molar-refractivity contribution is 5.46. The quantitative estimate of drug-likeness (QED) is 0.857. The molecule has 1 aromatic carbocycles. The molecule has 96 valence electrons. The summed E-state index contributed by atoms with van der Waals surface area (Å²) in [5.74, 6) is 5.21. The van der Waals surface area contributed by atoms with E-state index in [1.54, 1.807) is 12.4 Å². The molecular formula is C15H12FNO2. The molecule has 3 nitrogen and oxygen atoms in total. The van der Waals surface area contributed by atoms with E-state index in [-0.39, 0.29) is 12.4 Å². The first kappa shape index (κ1) is 13.1. The third kappa shape index (κ3) is 3.80. The highest BCUT2D eigenvalue weighted by Crippen LogP contribution is 2.20. The van der Waals surface area contributed by atoms with Crippen LogP contribution in [-0.4, -0.2) is 16.7 Å². The first-order valence-corrected chi connectivity index (χ1v) is 5.70. The second-order valence-electron chi connectivity index (χ2n) is 3.74. The predicted molar refractivity (Wildman–Crippen MR) is 68.9 cm³/mol. The van der Waals surface area contributed by atoms with E-state index < -0.39 is 0 Å². The summed E-state index contributed by atoms with van der Waals surface area (Å²) in [5.41, 5.74) is 1.48. The number of aromatic nitrogens is 1. The monoisotopic (exact) mass is 257 g/mol. The Balaban J connectivity index is 2.16. The molecule has 0 aliphatic carbocycles. The summed E-state index contributed by atoms with van der Waals surface area (Å²) in [5, 5.41) is 8.69. The number of benzene rings is 1. The third-order valence-electron chi connectivity index (χ3n) is 2.39. The van der Waals surface area contributed by atoms with Crippen molar-refractivity contribution in [1.82, 2.24) is 4.98 Å². The van der Waals surface area contributed by atoms with Gasteiger partial charge in [-0.05, 0) is 29.8 Å². The summed E-state index contributed by atoms with van der Waals surface area (Å²) in [6.07, 6.45) is 3.33. The molecule has 0 aliphatic rings. The van der Waals surface area contributed by atoms with Crippen molar-refractivity contribution in [3.63, 3.8) is 0 Å². The van der Waals surface area contributed by atoms with Crippen LogP contribution in [-0.2, 0) is 6.61 Å². The van der Waals surface area contributed by atoms with E-state index in [0.29, 0.717) is 17.9 Å². The van der Waals surface area contributed by atoms with Gasteiger partial charge in [-0.3, -0.25) is 4.98 Å². The van der Waals surface area contributed by atoms with Crippen molar-refractivity contribution in [2.45, 2.75) is 6.61 Å². The smallest absolute Gasteiger partial charge is 0.138 e. The zero-order valence-electron chi connectivity index (χ0n) is 10.1. The summed E-state index contributed by atoms with van der Waals surface area (Å²) >= 11 is 0. The predicted octanol–water partition coefficient (Wildman–Crippen LogP) is 2.14. The van der Waals surface area contributed by atoms with Gasteiger partial charge in [-0.1, -0.05) is 11.8 Å². The van der Waals surface area contributed by atoms with Crippen molar-refractivity contribution in [3.8, 4) is 17.6 Å². The first-order chi connectivity index (χ1) is 9.29. The zero-order valence-corrected chi connectivity index (χ0v) is 10.1. The number of aliphatic hydroxyl groups is 1. The van der Waals surface area contributed by atoms with E-state index in [1.165, 1.54) is 18.2 Å². The molecule has 0 unspecified atom stereocenters. The Labute approximate surface area is 110 Å². The molecule has 4 heteroatoms. The molecule has 0 radical (unpaired) electrons. The summed E-state index contributed by atoms with van der Waals surface area (Å²) < 4.78 is 18.8. The van der Waals surface area contributed by atoms with Gasteiger partial charge < -0.3 is 9.84 Å². The van der Waals surface area contributed by atoms with Crippen molar-refractivity contribution in [2.24, 2.45) is 0 Å². The van der Waals surface area contributed by atoms with Gasteiger partial charge >= 0.3 is 0 Å². The Kier molecular flexibility index (Phi) is 4.49. The van der Waals surface area contributed by atoms with Crippen LogP contribution in [0.4, 0.5) is 4.39 Å². The fraction of sp³-hybridized carbons (Fsp3) is 0.133. The average Bonchev–Trinajstić information content (AvgIpc) is 2.45. The molecule has 1 heterocycles. The van der Waals surface area contributed by atoms with Crippen molar-refractivity contribution in [1.29, 1.82) is 0 Å². The van der Waals surface area contributed by atoms with Gasteiger partial charge in [0.05, 0.1) is 5.56 Å². The van der Waals surface area contributed by atoms with Crippen molar-refractivity contribution in [2.75, 3.05) is 6.61 Å². The Morgan fingerprint density at radius 3 is 2.74 bits per heavy atom. The molecule has 1 N–H and O–H groups in total. The molecule has 19 heavy (non-hydrogen) atoms. The van der Waals surface area contributed by atoms with Gasteiger partial charge in [0.15, 0.2) is 0 Å².